The van der Waals surface area contributed by atoms with Crippen LogP contribution in [-0.4, -0.2) is 24.1 Å². The van der Waals surface area contributed by atoms with Gasteiger partial charge < -0.3 is 10.1 Å². The lowest BCUT2D eigenvalue weighted by Gasteiger charge is -2.19. The number of benzene rings is 2. The van der Waals surface area contributed by atoms with Gasteiger partial charge >= 0.3 is 0 Å². The van der Waals surface area contributed by atoms with Gasteiger partial charge in [0.2, 0.25) is 5.91 Å². The summed E-state index contributed by atoms with van der Waals surface area (Å²) in [6.07, 6.45) is 2.52. The van der Waals surface area contributed by atoms with Crippen LogP contribution >= 0.6 is 0 Å². The topological polar surface area (TPSA) is 51.2 Å². The van der Waals surface area contributed by atoms with Gasteiger partial charge in [-0.25, -0.2) is 0 Å². The summed E-state index contributed by atoms with van der Waals surface area (Å²) in [4.78, 5) is 16.7. The van der Waals surface area contributed by atoms with Crippen molar-refractivity contribution in [3.63, 3.8) is 0 Å². The van der Waals surface area contributed by atoms with Gasteiger partial charge in [-0.15, -0.1) is 0 Å². The summed E-state index contributed by atoms with van der Waals surface area (Å²) < 4.78 is 5.54. The van der Waals surface area contributed by atoms with Crippen molar-refractivity contribution >= 4 is 5.91 Å². The molecule has 0 aliphatic rings. The average molecular weight is 346 g/mol. The van der Waals surface area contributed by atoms with Gasteiger partial charge in [0.05, 0.1) is 18.3 Å². The molecule has 1 atom stereocenters. The molecule has 0 unspecified atom stereocenters. The van der Waals surface area contributed by atoms with Crippen LogP contribution in [0, 0.1) is 0 Å². The first-order valence-electron chi connectivity index (χ1n) is 8.70. The Balaban J connectivity index is 1.56. The highest BCUT2D eigenvalue weighted by Crippen LogP contribution is 2.19. The van der Waals surface area contributed by atoms with Crippen LogP contribution in [0.15, 0.2) is 85.1 Å². The van der Waals surface area contributed by atoms with E-state index in [-0.39, 0.29) is 18.6 Å². The summed E-state index contributed by atoms with van der Waals surface area (Å²) in [7, 11) is 0. The number of amides is 1. The van der Waals surface area contributed by atoms with Crippen LogP contribution in [0.25, 0.3) is 0 Å². The number of hydrogen-bond donors (Lipinski definition) is 1. The fraction of sp³-hybridized carbons (Fsp3) is 0.182. The summed E-state index contributed by atoms with van der Waals surface area (Å²) >= 11 is 0. The molecule has 1 N–H and O–H groups in total. The first-order chi connectivity index (χ1) is 12.8. The Hall–Kier alpha value is -2.98. The molecule has 3 aromatic rings. The minimum Gasteiger partial charge on any atom is -0.371 e. The summed E-state index contributed by atoms with van der Waals surface area (Å²) in [6, 6.07) is 25.3. The van der Waals surface area contributed by atoms with Crippen molar-refractivity contribution in [2.75, 3.05) is 13.2 Å². The molecule has 4 nitrogen and oxygen atoms in total. The number of carbonyl (C=O) groups excluding carboxylic acids is 1. The fourth-order valence-electron chi connectivity index (χ4n) is 2.72. The van der Waals surface area contributed by atoms with Gasteiger partial charge in [0.15, 0.2) is 0 Å². The van der Waals surface area contributed by atoms with Gasteiger partial charge in [-0.3, -0.25) is 9.78 Å². The number of nitrogens with zero attached hydrogens (tertiary/aromatic N) is 1. The number of rotatable bonds is 8. The second-order valence-electron chi connectivity index (χ2n) is 5.95. The van der Waals surface area contributed by atoms with Crippen molar-refractivity contribution in [1.29, 1.82) is 0 Å². The Morgan fingerprint density at radius 1 is 0.923 bits per heavy atom. The zero-order valence-corrected chi connectivity index (χ0v) is 14.5. The third-order valence-electron chi connectivity index (χ3n) is 4.03. The van der Waals surface area contributed by atoms with Crippen LogP contribution in [0.2, 0.25) is 0 Å². The second kappa shape index (κ2) is 9.49. The third kappa shape index (κ3) is 5.26. The van der Waals surface area contributed by atoms with Crippen molar-refractivity contribution in [3.05, 3.63) is 102 Å². The normalized spacial score (nSPS) is 11.7. The van der Waals surface area contributed by atoms with Crippen LogP contribution in [-0.2, 0) is 16.0 Å². The van der Waals surface area contributed by atoms with E-state index in [9.17, 15) is 4.79 Å². The SMILES string of the molecule is O=C(COCCc1ccccc1)N[C@@H](c1ccccc1)c1ccccn1. The fourth-order valence-corrected chi connectivity index (χ4v) is 2.72. The van der Waals surface area contributed by atoms with Crippen LogP contribution in [0.5, 0.6) is 0 Å². The maximum absolute atomic E-state index is 12.3. The molecule has 4 heteroatoms. The number of ether oxygens (including phenoxy) is 1. The average Bonchev–Trinajstić information content (AvgIpc) is 2.71. The lowest BCUT2D eigenvalue weighted by Crippen LogP contribution is -2.33. The molecule has 0 saturated heterocycles. The molecule has 1 heterocycles. The smallest absolute Gasteiger partial charge is 0.246 e. The predicted octanol–water partition coefficient (Wildman–Crippen LogP) is 3.55. The highest BCUT2D eigenvalue weighted by molar-refractivity contribution is 5.78. The number of hydrogen-bond acceptors (Lipinski definition) is 3. The highest BCUT2D eigenvalue weighted by Gasteiger charge is 2.17. The van der Waals surface area contributed by atoms with E-state index in [1.54, 1.807) is 6.20 Å². The summed E-state index contributed by atoms with van der Waals surface area (Å²) in [5, 5.41) is 3.02. The van der Waals surface area contributed by atoms with E-state index in [1.165, 1.54) is 5.56 Å². The molecule has 0 spiro atoms. The lowest BCUT2D eigenvalue weighted by atomic mass is 10.0. The van der Waals surface area contributed by atoms with Gasteiger partial charge in [0.1, 0.15) is 6.61 Å². The molecule has 0 saturated carbocycles. The van der Waals surface area contributed by atoms with E-state index in [2.05, 4.69) is 22.4 Å². The van der Waals surface area contributed by atoms with E-state index in [0.29, 0.717) is 6.61 Å². The maximum Gasteiger partial charge on any atom is 0.246 e. The molecule has 0 bridgehead atoms. The van der Waals surface area contributed by atoms with E-state index in [1.807, 2.05) is 66.7 Å². The monoisotopic (exact) mass is 346 g/mol. The Kier molecular flexibility index (Phi) is 6.51. The predicted molar refractivity (Wildman–Crippen MR) is 102 cm³/mol. The summed E-state index contributed by atoms with van der Waals surface area (Å²) in [6.45, 7) is 0.542. The van der Waals surface area contributed by atoms with Crippen LogP contribution < -0.4 is 5.32 Å². The Labute approximate surface area is 153 Å². The van der Waals surface area contributed by atoms with E-state index in [0.717, 1.165) is 17.7 Å². The number of nitrogens with one attached hydrogen (secondary N) is 1. The number of aromatic nitrogens is 1. The molecule has 3 rings (SSSR count). The number of carbonyl (C=O) groups is 1. The third-order valence-corrected chi connectivity index (χ3v) is 4.03. The standard InChI is InChI=1S/C22H22N2O2/c25-21(17-26-16-14-18-9-3-1-4-10-18)24-22(19-11-5-2-6-12-19)20-13-7-8-15-23-20/h1-13,15,22H,14,16-17H2,(H,24,25)/t22-/m0/s1. The summed E-state index contributed by atoms with van der Waals surface area (Å²) in [5.74, 6) is -0.155. The minimum absolute atomic E-state index is 0.0308. The first-order valence-corrected chi connectivity index (χ1v) is 8.70. The van der Waals surface area contributed by atoms with Crippen molar-refractivity contribution < 1.29 is 9.53 Å². The maximum atomic E-state index is 12.3. The van der Waals surface area contributed by atoms with Crippen molar-refractivity contribution in [1.82, 2.24) is 10.3 Å². The van der Waals surface area contributed by atoms with Crippen LogP contribution in [0.1, 0.15) is 22.9 Å². The van der Waals surface area contributed by atoms with Crippen molar-refractivity contribution in [2.45, 2.75) is 12.5 Å². The van der Waals surface area contributed by atoms with Crippen molar-refractivity contribution in [2.24, 2.45) is 0 Å². The number of pyridine rings is 1. The lowest BCUT2D eigenvalue weighted by molar-refractivity contribution is -0.126. The highest BCUT2D eigenvalue weighted by atomic mass is 16.5. The molecule has 1 amide bonds. The molecule has 26 heavy (non-hydrogen) atoms. The zero-order valence-electron chi connectivity index (χ0n) is 14.5. The minimum atomic E-state index is -0.289. The first kappa shape index (κ1) is 17.8. The van der Waals surface area contributed by atoms with E-state index >= 15 is 0 Å². The summed E-state index contributed by atoms with van der Waals surface area (Å²) in [5.41, 5.74) is 2.99. The van der Waals surface area contributed by atoms with Gasteiger partial charge in [-0.1, -0.05) is 66.7 Å². The Morgan fingerprint density at radius 3 is 2.31 bits per heavy atom. The van der Waals surface area contributed by atoms with Crippen LogP contribution in [0.3, 0.4) is 0 Å². The molecule has 0 aliphatic carbocycles. The molecular weight excluding hydrogens is 324 g/mol. The largest absolute Gasteiger partial charge is 0.371 e. The van der Waals surface area contributed by atoms with Gasteiger partial charge in [-0.05, 0) is 29.7 Å². The van der Waals surface area contributed by atoms with Gasteiger partial charge in [-0.2, -0.15) is 0 Å². The second-order valence-corrected chi connectivity index (χ2v) is 5.95. The van der Waals surface area contributed by atoms with E-state index in [4.69, 9.17) is 4.74 Å². The van der Waals surface area contributed by atoms with Gasteiger partial charge in [0.25, 0.3) is 0 Å². The molecule has 132 valence electrons. The van der Waals surface area contributed by atoms with Crippen molar-refractivity contribution in [3.8, 4) is 0 Å². The molecule has 0 fully saturated rings. The quantitative estimate of drug-likeness (QED) is 0.635. The Bertz CT molecular complexity index is 753. The van der Waals surface area contributed by atoms with E-state index < -0.39 is 0 Å². The Morgan fingerprint density at radius 2 is 1.62 bits per heavy atom. The molecule has 1 aromatic heterocycles. The molecular formula is C22H22N2O2. The zero-order chi connectivity index (χ0) is 18.0. The molecule has 0 radical (unpaired) electrons. The van der Waals surface area contributed by atoms with Crippen LogP contribution in [0.4, 0.5) is 0 Å². The van der Waals surface area contributed by atoms with Gasteiger partial charge in [0, 0.05) is 6.20 Å². The molecule has 0 aliphatic heterocycles. The molecule has 2 aromatic carbocycles.